The molecule has 0 saturated carbocycles. The van der Waals surface area contributed by atoms with Gasteiger partial charge in [0.05, 0.1) is 21.2 Å². The van der Waals surface area contributed by atoms with Crippen molar-refractivity contribution in [2.75, 3.05) is 5.73 Å². The van der Waals surface area contributed by atoms with Gasteiger partial charge in [0.25, 0.3) is 0 Å². The Labute approximate surface area is 237 Å². The van der Waals surface area contributed by atoms with E-state index in [2.05, 4.69) is 9.97 Å². The number of halogens is 8. The number of nitrogens with two attached hydrogens (primary N) is 1. The number of rotatable bonds is 5. The molecule has 5 rings (SSSR count). The number of fused-ring (bicyclic) bond motifs is 1. The Hall–Kier alpha value is -4.16. The third-order valence-corrected chi connectivity index (χ3v) is 6.60. The quantitative estimate of drug-likeness (QED) is 0.200. The van der Waals surface area contributed by atoms with Gasteiger partial charge in [-0.3, -0.25) is 0 Å². The van der Waals surface area contributed by atoms with Crippen LogP contribution in [0.5, 0.6) is 23.3 Å². The number of hydrogen-bond acceptors (Lipinski definition) is 5. The summed E-state index contributed by atoms with van der Waals surface area (Å²) in [5, 5.41) is -0.199. The average Bonchev–Trinajstić information content (AvgIpc) is 3.27. The third-order valence-electron chi connectivity index (χ3n) is 5.94. The highest BCUT2D eigenvalue weighted by molar-refractivity contribution is 6.31. The van der Waals surface area contributed by atoms with E-state index in [0.29, 0.717) is 17.7 Å². The van der Waals surface area contributed by atoms with Crippen LogP contribution in [0.2, 0.25) is 10.0 Å². The Balaban J connectivity index is 1.63. The average molecular weight is 613 g/mol. The first-order chi connectivity index (χ1) is 19.2. The van der Waals surface area contributed by atoms with E-state index in [0.717, 1.165) is 23.0 Å². The Bertz CT molecular complexity index is 1700. The van der Waals surface area contributed by atoms with Gasteiger partial charge in [0.15, 0.2) is 11.5 Å². The first kappa shape index (κ1) is 28.4. The Morgan fingerprint density at radius 3 is 1.73 bits per heavy atom. The molecule has 0 aliphatic carbocycles. The molecule has 2 aromatic heterocycles. The number of hydrogen-bond donors (Lipinski definition) is 1. The van der Waals surface area contributed by atoms with Crippen molar-refractivity contribution in [3.05, 3.63) is 88.0 Å². The molecule has 6 nitrogen and oxygen atoms in total. The summed E-state index contributed by atoms with van der Waals surface area (Å²) in [5.41, 5.74) is 4.69. The Kier molecular flexibility index (Phi) is 7.16. The van der Waals surface area contributed by atoms with Gasteiger partial charge in [-0.1, -0.05) is 35.3 Å². The summed E-state index contributed by atoms with van der Waals surface area (Å²) >= 11 is 11.4. The van der Waals surface area contributed by atoms with Gasteiger partial charge < -0.3 is 19.8 Å². The molecule has 0 aliphatic heterocycles. The van der Waals surface area contributed by atoms with Crippen molar-refractivity contribution in [3.8, 4) is 34.6 Å². The fourth-order valence-electron chi connectivity index (χ4n) is 3.91. The van der Waals surface area contributed by atoms with E-state index in [1.807, 2.05) is 23.9 Å². The van der Waals surface area contributed by atoms with E-state index in [-0.39, 0.29) is 23.0 Å². The largest absolute Gasteiger partial charge is 0.437 e. The van der Waals surface area contributed by atoms with Crippen molar-refractivity contribution in [1.82, 2.24) is 14.5 Å². The Morgan fingerprint density at radius 2 is 1.24 bits per heavy atom. The van der Waals surface area contributed by atoms with Gasteiger partial charge in [-0.15, -0.1) is 0 Å². The van der Waals surface area contributed by atoms with E-state index >= 15 is 0 Å². The monoisotopic (exact) mass is 612 g/mol. The van der Waals surface area contributed by atoms with Gasteiger partial charge in [-0.25, -0.2) is 0 Å². The minimum atomic E-state index is -4.78. The molecule has 0 aliphatic rings. The van der Waals surface area contributed by atoms with Crippen molar-refractivity contribution in [2.24, 2.45) is 7.05 Å². The lowest BCUT2D eigenvalue weighted by molar-refractivity contribution is -0.138. The van der Waals surface area contributed by atoms with Crippen molar-refractivity contribution in [3.63, 3.8) is 0 Å². The number of ether oxygens (including phenoxy) is 2. The molecule has 2 N–H and O–H groups in total. The second-order valence-electron chi connectivity index (χ2n) is 8.75. The van der Waals surface area contributed by atoms with Crippen LogP contribution in [-0.2, 0) is 19.4 Å². The Morgan fingerprint density at radius 1 is 0.732 bits per heavy atom. The van der Waals surface area contributed by atoms with Gasteiger partial charge in [0.1, 0.15) is 11.5 Å². The van der Waals surface area contributed by atoms with E-state index in [9.17, 15) is 26.3 Å². The second-order valence-corrected chi connectivity index (χ2v) is 9.57. The summed E-state index contributed by atoms with van der Waals surface area (Å²) in [5.74, 6) is -1.46. The molecule has 14 heteroatoms. The van der Waals surface area contributed by atoms with Crippen LogP contribution in [0.3, 0.4) is 0 Å². The predicted molar refractivity (Wildman–Crippen MR) is 141 cm³/mol. The molecule has 0 saturated heterocycles. The van der Waals surface area contributed by atoms with Crippen LogP contribution in [-0.4, -0.2) is 14.5 Å². The van der Waals surface area contributed by atoms with Crippen LogP contribution < -0.4 is 15.2 Å². The van der Waals surface area contributed by atoms with Crippen LogP contribution in [0, 0.1) is 0 Å². The molecule has 0 spiro atoms. The smallest absolute Gasteiger partial charge is 0.417 e. The zero-order chi connectivity index (χ0) is 29.7. The number of anilines is 1. The van der Waals surface area contributed by atoms with Crippen LogP contribution in [0.25, 0.3) is 22.3 Å². The van der Waals surface area contributed by atoms with Gasteiger partial charge in [0.2, 0.25) is 11.8 Å². The molecule has 5 aromatic rings. The van der Waals surface area contributed by atoms with Crippen LogP contribution >= 0.6 is 23.2 Å². The molecule has 41 heavy (non-hydrogen) atoms. The molecule has 3 aromatic carbocycles. The molecule has 0 unspecified atom stereocenters. The van der Waals surface area contributed by atoms with Crippen LogP contribution in [0.4, 0.5) is 32.0 Å². The van der Waals surface area contributed by atoms with Crippen molar-refractivity contribution in [2.45, 2.75) is 12.4 Å². The second kappa shape index (κ2) is 10.3. The molecule has 0 bridgehead atoms. The summed E-state index contributed by atoms with van der Waals surface area (Å²) in [6.45, 7) is 0. The van der Waals surface area contributed by atoms with Crippen LogP contribution in [0.1, 0.15) is 11.1 Å². The zero-order valence-electron chi connectivity index (χ0n) is 20.6. The summed E-state index contributed by atoms with van der Waals surface area (Å²) in [6, 6.07) is 12.7. The SMILES string of the molecule is Cn1ccc2ccc(-c3nc(Oc4ccc(Cl)c(C(F)(F)F)c4)c(N)c(Oc4ccc(Cl)c(C(F)(F)F)c4)n3)cc21. The maximum absolute atomic E-state index is 13.4. The standard InChI is InChI=1S/C27H16Cl2F6N4O2/c1-39-9-8-13-2-3-14(10-21(13)39)23-37-24(40-15-4-6-19(28)17(11-15)26(30,31)32)22(36)25(38-23)41-16-5-7-20(29)18(12-16)27(33,34)35/h2-12H,36H2,1H3. The third kappa shape index (κ3) is 5.84. The summed E-state index contributed by atoms with van der Waals surface area (Å²) in [4.78, 5) is 8.57. The highest BCUT2D eigenvalue weighted by atomic mass is 35.5. The lowest BCUT2D eigenvalue weighted by Crippen LogP contribution is -2.07. The molecule has 0 fully saturated rings. The van der Waals surface area contributed by atoms with E-state index in [4.69, 9.17) is 38.4 Å². The van der Waals surface area contributed by atoms with E-state index < -0.39 is 45.3 Å². The van der Waals surface area contributed by atoms with Gasteiger partial charge in [-0.2, -0.15) is 36.3 Å². The first-order valence-electron chi connectivity index (χ1n) is 11.5. The highest BCUT2D eigenvalue weighted by Gasteiger charge is 2.35. The molecular formula is C27H16Cl2F6N4O2. The first-order valence-corrected chi connectivity index (χ1v) is 12.3. The topological polar surface area (TPSA) is 75.2 Å². The normalized spacial score (nSPS) is 12.1. The van der Waals surface area contributed by atoms with Gasteiger partial charge in [-0.05, 0) is 53.9 Å². The van der Waals surface area contributed by atoms with Crippen molar-refractivity contribution in [1.29, 1.82) is 0 Å². The maximum atomic E-state index is 13.4. The molecular weight excluding hydrogens is 597 g/mol. The molecule has 0 amide bonds. The minimum Gasteiger partial charge on any atom is -0.437 e. The number of nitrogen functional groups attached to an aromatic ring is 1. The highest BCUT2D eigenvalue weighted by Crippen LogP contribution is 2.42. The van der Waals surface area contributed by atoms with Crippen LogP contribution in [0.15, 0.2) is 66.9 Å². The molecule has 2 heterocycles. The van der Waals surface area contributed by atoms with E-state index in [1.54, 1.807) is 18.2 Å². The number of aromatic nitrogens is 3. The molecule has 0 radical (unpaired) electrons. The summed E-state index contributed by atoms with van der Waals surface area (Å²) < 4.78 is 93.6. The maximum Gasteiger partial charge on any atom is 0.417 e. The molecule has 212 valence electrons. The number of aryl methyl sites for hydroxylation is 1. The summed E-state index contributed by atoms with van der Waals surface area (Å²) in [7, 11) is 1.82. The minimum absolute atomic E-state index is 0.0256. The zero-order valence-corrected chi connectivity index (χ0v) is 22.1. The molecule has 0 atom stereocenters. The number of benzene rings is 3. The van der Waals surface area contributed by atoms with Crippen molar-refractivity contribution >= 4 is 39.8 Å². The fraction of sp³-hybridized carbons (Fsp3) is 0.111. The van der Waals surface area contributed by atoms with Crippen molar-refractivity contribution < 1.29 is 35.8 Å². The lowest BCUT2D eigenvalue weighted by atomic mass is 10.1. The lowest BCUT2D eigenvalue weighted by Gasteiger charge is -2.16. The van der Waals surface area contributed by atoms with Gasteiger partial charge >= 0.3 is 12.4 Å². The van der Waals surface area contributed by atoms with E-state index in [1.165, 1.54) is 12.1 Å². The number of nitrogens with zero attached hydrogens (tertiary/aromatic N) is 3. The number of alkyl halides is 6. The summed E-state index contributed by atoms with van der Waals surface area (Å²) in [6.07, 6.45) is -7.72. The predicted octanol–water partition coefficient (Wildman–Crippen LogP) is 9.15. The fourth-order valence-corrected chi connectivity index (χ4v) is 4.36. The van der Waals surface area contributed by atoms with Gasteiger partial charge in [0, 0.05) is 24.3 Å².